The third-order valence-corrected chi connectivity index (χ3v) is 4.57. The van der Waals surface area contributed by atoms with Crippen LogP contribution in [-0.4, -0.2) is 58.3 Å². The number of hydrogen-bond acceptors (Lipinski definition) is 6. The van der Waals surface area contributed by atoms with Crippen LogP contribution in [0.2, 0.25) is 6.32 Å². The van der Waals surface area contributed by atoms with E-state index in [0.717, 1.165) is 5.56 Å². The number of carbonyl (C=O) groups is 2. The van der Waals surface area contributed by atoms with Crippen molar-refractivity contribution in [3.63, 3.8) is 0 Å². The van der Waals surface area contributed by atoms with E-state index in [1.807, 2.05) is 0 Å². The monoisotopic (exact) mass is 382 g/mol. The van der Waals surface area contributed by atoms with Gasteiger partial charge < -0.3 is 0 Å². The molecule has 0 spiro atoms. The molecule has 2 aromatic rings. The molecule has 1 amide bonds. The molecule has 0 aliphatic carbocycles. The van der Waals surface area contributed by atoms with Crippen LogP contribution in [0.15, 0.2) is 36.7 Å². The van der Waals surface area contributed by atoms with Crippen LogP contribution < -0.4 is 4.74 Å². The van der Waals surface area contributed by atoms with E-state index in [-0.39, 0.29) is 42.5 Å². The summed E-state index contributed by atoms with van der Waals surface area (Å²) < 4.78 is 16.2. The number of aromatic carboxylic acids is 1. The van der Waals surface area contributed by atoms with E-state index in [1.54, 1.807) is 35.5 Å². The minimum atomic E-state index is -1.31. The normalized spacial score (nSPS) is 13.5. The molecule has 1 fully saturated rings. The number of carboxylic acids is 1. The summed E-state index contributed by atoms with van der Waals surface area (Å²) in [5.41, 5.74) is 0.915. The number of carbonyl (C=O) groups excluding carboxylic acids is 1. The first-order valence-electron chi connectivity index (χ1n) is 8.84. The van der Waals surface area contributed by atoms with Crippen molar-refractivity contribution in [2.75, 3.05) is 13.1 Å². The zero-order valence-corrected chi connectivity index (χ0v) is 15.1. The fourth-order valence-electron chi connectivity index (χ4n) is 3.02. The summed E-state index contributed by atoms with van der Waals surface area (Å²) in [6, 6.07) is 6.58. The molecule has 3 rings (SSSR count). The van der Waals surface area contributed by atoms with Crippen molar-refractivity contribution in [1.82, 2.24) is 9.88 Å². The van der Waals surface area contributed by atoms with Crippen LogP contribution in [0.5, 0.6) is 11.5 Å². The minimum absolute atomic E-state index is 0.0448. The molecular weight excluding hydrogens is 363 g/mol. The molecular formula is C19H19BN2O6. The number of hydrogen-bond donors (Lipinski definition) is 2. The number of pyridine rings is 1. The van der Waals surface area contributed by atoms with Crippen molar-refractivity contribution in [3.05, 3.63) is 53.3 Å². The number of aryl methyl sites for hydroxylation is 1. The van der Waals surface area contributed by atoms with E-state index < -0.39 is 11.7 Å². The SMILES string of the molecule is O=BCCc1ccc(OC2CN(C(=O)Cc3ccncc3)C2)c(C(=O)O)c1O. The van der Waals surface area contributed by atoms with Gasteiger partial charge in [0.2, 0.25) is 0 Å². The second kappa shape index (κ2) is 8.64. The Balaban J connectivity index is 1.62. The van der Waals surface area contributed by atoms with Gasteiger partial charge in [0.05, 0.1) is 0 Å². The predicted molar refractivity (Wildman–Crippen MR) is 99.0 cm³/mol. The van der Waals surface area contributed by atoms with Crippen molar-refractivity contribution >= 4 is 19.0 Å². The van der Waals surface area contributed by atoms with Gasteiger partial charge in [-0.1, -0.05) is 0 Å². The molecule has 1 aromatic heterocycles. The second-order valence-corrected chi connectivity index (χ2v) is 6.53. The Bertz CT molecular complexity index is 883. The van der Waals surface area contributed by atoms with Crippen LogP contribution >= 0.6 is 0 Å². The van der Waals surface area contributed by atoms with Gasteiger partial charge in [-0.25, -0.2) is 0 Å². The number of likely N-dealkylation sites (tertiary alicyclic amines) is 1. The van der Waals surface area contributed by atoms with Gasteiger partial charge in [0.15, 0.2) is 0 Å². The average molecular weight is 382 g/mol. The van der Waals surface area contributed by atoms with Gasteiger partial charge in [0, 0.05) is 12.4 Å². The number of nitrogens with zero attached hydrogens (tertiary/aromatic N) is 2. The number of ether oxygens (including phenoxy) is 1. The third kappa shape index (κ3) is 4.36. The molecule has 1 saturated heterocycles. The van der Waals surface area contributed by atoms with Crippen molar-refractivity contribution in [2.45, 2.75) is 25.3 Å². The molecule has 144 valence electrons. The van der Waals surface area contributed by atoms with E-state index >= 15 is 0 Å². The Morgan fingerprint density at radius 3 is 2.57 bits per heavy atom. The van der Waals surface area contributed by atoms with Gasteiger partial charge >= 0.3 is 126 Å². The van der Waals surface area contributed by atoms with E-state index in [2.05, 4.69) is 4.98 Å². The number of rotatable bonds is 8. The summed E-state index contributed by atoms with van der Waals surface area (Å²) in [5.74, 6) is -1.70. The number of phenols is 1. The Morgan fingerprint density at radius 1 is 1.21 bits per heavy atom. The van der Waals surface area contributed by atoms with Gasteiger partial charge in [-0.3, -0.25) is 4.98 Å². The van der Waals surface area contributed by atoms with Gasteiger partial charge in [-0.2, -0.15) is 0 Å². The Kier molecular flexibility index (Phi) is 6.03. The molecule has 1 aliphatic rings. The molecule has 2 heterocycles. The summed E-state index contributed by atoms with van der Waals surface area (Å²) in [6.45, 7) is 0.688. The summed E-state index contributed by atoms with van der Waals surface area (Å²) in [5, 5.41) is 19.7. The van der Waals surface area contributed by atoms with Crippen LogP contribution in [0.25, 0.3) is 0 Å². The molecule has 2 N–H and O–H groups in total. The molecule has 0 saturated carbocycles. The molecule has 1 aliphatic heterocycles. The molecule has 0 atom stereocenters. The average Bonchev–Trinajstić information content (AvgIpc) is 2.64. The summed E-state index contributed by atoms with van der Waals surface area (Å²) in [4.78, 5) is 29.3. The maximum absolute atomic E-state index is 12.3. The van der Waals surface area contributed by atoms with E-state index in [4.69, 9.17) is 4.74 Å². The molecule has 0 radical (unpaired) electrons. The van der Waals surface area contributed by atoms with Crippen LogP contribution in [0, 0.1) is 0 Å². The van der Waals surface area contributed by atoms with Crippen LogP contribution in [0.4, 0.5) is 0 Å². The van der Waals surface area contributed by atoms with Gasteiger partial charge in [-0.15, -0.1) is 0 Å². The summed E-state index contributed by atoms with van der Waals surface area (Å²) in [7, 11) is 0.705. The predicted octanol–water partition coefficient (Wildman–Crippen LogP) is 1.33. The Hall–Kier alpha value is -3.23. The van der Waals surface area contributed by atoms with E-state index in [0.29, 0.717) is 25.8 Å². The zero-order chi connectivity index (χ0) is 20.1. The number of amides is 1. The molecule has 8 nitrogen and oxygen atoms in total. The number of aromatic nitrogens is 1. The topological polar surface area (TPSA) is 117 Å². The van der Waals surface area contributed by atoms with Crippen molar-refractivity contribution < 1.29 is 29.2 Å². The second-order valence-electron chi connectivity index (χ2n) is 6.53. The van der Waals surface area contributed by atoms with Crippen molar-refractivity contribution in [1.29, 1.82) is 0 Å². The molecule has 9 heteroatoms. The molecule has 0 unspecified atom stereocenters. The fraction of sp³-hybridized carbons (Fsp3) is 0.316. The molecule has 1 aromatic carbocycles. The maximum atomic E-state index is 12.3. The van der Waals surface area contributed by atoms with Gasteiger partial charge in [0.25, 0.3) is 0 Å². The first-order chi connectivity index (χ1) is 13.5. The Morgan fingerprint density at radius 2 is 1.93 bits per heavy atom. The zero-order valence-electron chi connectivity index (χ0n) is 15.1. The van der Waals surface area contributed by atoms with Crippen LogP contribution in [-0.2, 0) is 22.3 Å². The van der Waals surface area contributed by atoms with Crippen molar-refractivity contribution in [2.24, 2.45) is 0 Å². The first-order valence-corrected chi connectivity index (χ1v) is 8.84. The van der Waals surface area contributed by atoms with E-state index in [9.17, 15) is 24.5 Å². The van der Waals surface area contributed by atoms with E-state index in [1.165, 1.54) is 6.07 Å². The molecule has 28 heavy (non-hydrogen) atoms. The van der Waals surface area contributed by atoms with Crippen molar-refractivity contribution in [3.8, 4) is 11.5 Å². The standard InChI is InChI=1S/C19H19BN2O6/c23-16(9-12-4-7-21-8-5-12)22-10-14(11-22)28-15-2-1-13(3-6-20-27)18(24)17(15)19(25)26/h1-2,4-5,7-8,14,24H,3,6,9-11H2,(H,25,26). The third-order valence-electron chi connectivity index (χ3n) is 4.57. The summed E-state index contributed by atoms with van der Waals surface area (Å²) >= 11 is 0. The van der Waals surface area contributed by atoms with Gasteiger partial charge in [0.1, 0.15) is 0 Å². The summed E-state index contributed by atoms with van der Waals surface area (Å²) in [6.07, 6.45) is 3.61. The van der Waals surface area contributed by atoms with Crippen LogP contribution in [0.1, 0.15) is 21.5 Å². The molecule has 0 bridgehead atoms. The quantitative estimate of drug-likeness (QED) is 0.662. The number of carboxylic acid groups (broad SMARTS) is 1. The van der Waals surface area contributed by atoms with Crippen LogP contribution in [0.3, 0.4) is 0 Å². The fourth-order valence-corrected chi connectivity index (χ4v) is 3.02. The Labute approximate surface area is 162 Å². The number of aromatic hydroxyl groups is 1. The first kappa shape index (κ1) is 19.5. The number of benzene rings is 1. The van der Waals surface area contributed by atoms with Gasteiger partial charge in [-0.05, 0) is 17.7 Å².